The lowest BCUT2D eigenvalue weighted by atomic mass is 9.83. The zero-order valence-corrected chi connectivity index (χ0v) is 28.9. The monoisotopic (exact) mass is 681 g/mol. The van der Waals surface area contributed by atoms with Crippen LogP contribution >= 0.6 is 11.8 Å². The number of carbonyl (C=O) groups is 2. The van der Waals surface area contributed by atoms with E-state index in [0.717, 1.165) is 20.9 Å². The SMILES string of the molecule is CC(C)(C)OC(=O)CC[C@]1(C(=O)NNCc2ccccc2Sc2ccccc2)N=C(c2ccc(OCCCO)cc2)O[C@H]1c1ccccc1. The fraction of sp³-hybridized carbons (Fsp3) is 0.308. The summed E-state index contributed by atoms with van der Waals surface area (Å²) in [5, 5.41) is 9.08. The van der Waals surface area contributed by atoms with Gasteiger partial charge in [0.05, 0.1) is 6.61 Å². The van der Waals surface area contributed by atoms with Crippen molar-refractivity contribution in [3.63, 3.8) is 0 Å². The van der Waals surface area contributed by atoms with Gasteiger partial charge in [-0.15, -0.1) is 0 Å². The number of rotatable bonds is 15. The molecule has 49 heavy (non-hydrogen) atoms. The second-order valence-electron chi connectivity index (χ2n) is 12.6. The molecule has 0 radical (unpaired) electrons. The first-order chi connectivity index (χ1) is 23.7. The number of hydrazine groups is 1. The van der Waals surface area contributed by atoms with Crippen LogP contribution in [0.4, 0.5) is 0 Å². The number of aliphatic hydroxyl groups is 1. The maximum absolute atomic E-state index is 14.4. The number of nitrogens with one attached hydrogen (secondary N) is 2. The molecule has 0 aromatic heterocycles. The van der Waals surface area contributed by atoms with Crippen molar-refractivity contribution in [1.82, 2.24) is 10.9 Å². The molecule has 1 amide bonds. The van der Waals surface area contributed by atoms with Crippen LogP contribution < -0.4 is 15.6 Å². The summed E-state index contributed by atoms with van der Waals surface area (Å²) in [6, 6.07) is 34.8. The molecule has 256 valence electrons. The summed E-state index contributed by atoms with van der Waals surface area (Å²) in [5.74, 6) is 0.0513. The number of hydrogen-bond donors (Lipinski definition) is 3. The second-order valence-corrected chi connectivity index (χ2v) is 13.7. The van der Waals surface area contributed by atoms with Crippen LogP contribution in [0.2, 0.25) is 0 Å². The molecule has 4 aromatic rings. The van der Waals surface area contributed by atoms with Crippen LogP contribution in [0.3, 0.4) is 0 Å². The Labute approximate surface area is 292 Å². The summed E-state index contributed by atoms with van der Waals surface area (Å²) in [4.78, 5) is 34.6. The number of aliphatic hydroxyl groups excluding tert-OH is 1. The van der Waals surface area contributed by atoms with Crippen LogP contribution in [0.1, 0.15) is 62.8 Å². The molecule has 0 bridgehead atoms. The highest BCUT2D eigenvalue weighted by molar-refractivity contribution is 7.99. The molecule has 1 aliphatic heterocycles. The minimum Gasteiger partial charge on any atom is -0.494 e. The number of hydrogen-bond acceptors (Lipinski definition) is 9. The third-order valence-electron chi connectivity index (χ3n) is 7.69. The highest BCUT2D eigenvalue weighted by Gasteiger charge is 2.53. The molecule has 10 heteroatoms. The van der Waals surface area contributed by atoms with Gasteiger partial charge in [0, 0.05) is 41.3 Å². The van der Waals surface area contributed by atoms with Gasteiger partial charge in [-0.3, -0.25) is 15.0 Å². The number of nitrogens with zero attached hydrogens (tertiary/aromatic N) is 1. The first-order valence-electron chi connectivity index (χ1n) is 16.4. The van der Waals surface area contributed by atoms with Crippen LogP contribution in [0.25, 0.3) is 0 Å². The molecule has 1 aliphatic rings. The molecule has 0 spiro atoms. The zero-order chi connectivity index (χ0) is 34.7. The van der Waals surface area contributed by atoms with E-state index in [2.05, 4.69) is 29.1 Å². The van der Waals surface area contributed by atoms with E-state index in [9.17, 15) is 9.59 Å². The minimum atomic E-state index is -1.50. The predicted octanol–water partition coefficient (Wildman–Crippen LogP) is 6.80. The third kappa shape index (κ3) is 9.72. The highest BCUT2D eigenvalue weighted by atomic mass is 32.2. The molecule has 0 unspecified atom stereocenters. The van der Waals surface area contributed by atoms with Crippen molar-refractivity contribution in [2.45, 2.75) is 73.6 Å². The summed E-state index contributed by atoms with van der Waals surface area (Å²) in [6.45, 7) is 6.22. The van der Waals surface area contributed by atoms with Crippen LogP contribution in [-0.2, 0) is 25.6 Å². The van der Waals surface area contributed by atoms with Gasteiger partial charge in [-0.25, -0.2) is 10.4 Å². The van der Waals surface area contributed by atoms with Crippen LogP contribution in [-0.4, -0.2) is 47.2 Å². The van der Waals surface area contributed by atoms with E-state index < -0.39 is 29.1 Å². The fourth-order valence-corrected chi connectivity index (χ4v) is 6.34. The van der Waals surface area contributed by atoms with E-state index >= 15 is 0 Å². The Hall–Kier alpha value is -4.64. The summed E-state index contributed by atoms with van der Waals surface area (Å²) in [6.07, 6.45) is -0.310. The van der Waals surface area contributed by atoms with Crippen molar-refractivity contribution in [2.24, 2.45) is 4.99 Å². The Morgan fingerprint density at radius 3 is 2.29 bits per heavy atom. The van der Waals surface area contributed by atoms with Gasteiger partial charge in [0.25, 0.3) is 5.91 Å². The summed E-state index contributed by atoms with van der Waals surface area (Å²) in [7, 11) is 0. The molecular formula is C39H43N3O6S. The van der Waals surface area contributed by atoms with E-state index in [1.807, 2.05) is 99.6 Å². The van der Waals surface area contributed by atoms with Crippen molar-refractivity contribution in [3.05, 3.63) is 126 Å². The van der Waals surface area contributed by atoms with Gasteiger partial charge < -0.3 is 19.3 Å². The van der Waals surface area contributed by atoms with Crippen molar-refractivity contribution in [3.8, 4) is 5.75 Å². The quantitative estimate of drug-likeness (QED) is 0.0713. The van der Waals surface area contributed by atoms with Crippen molar-refractivity contribution >= 4 is 29.5 Å². The van der Waals surface area contributed by atoms with Gasteiger partial charge in [0.15, 0.2) is 11.6 Å². The lowest BCUT2D eigenvalue weighted by Crippen LogP contribution is -2.52. The molecule has 0 saturated carbocycles. The smallest absolute Gasteiger partial charge is 0.306 e. The molecular weight excluding hydrogens is 639 g/mol. The summed E-state index contributed by atoms with van der Waals surface area (Å²) < 4.78 is 17.8. The maximum atomic E-state index is 14.4. The largest absolute Gasteiger partial charge is 0.494 e. The van der Waals surface area contributed by atoms with Gasteiger partial charge in [-0.1, -0.05) is 78.5 Å². The topological polar surface area (TPSA) is 118 Å². The minimum absolute atomic E-state index is 0.0429. The van der Waals surface area contributed by atoms with E-state index in [1.54, 1.807) is 23.9 Å². The Bertz CT molecular complexity index is 1710. The van der Waals surface area contributed by atoms with Gasteiger partial charge >= 0.3 is 5.97 Å². The van der Waals surface area contributed by atoms with Crippen molar-refractivity contribution < 1.29 is 28.9 Å². The third-order valence-corrected chi connectivity index (χ3v) is 8.81. The average Bonchev–Trinajstić information content (AvgIpc) is 3.50. The van der Waals surface area contributed by atoms with Gasteiger partial charge in [0.2, 0.25) is 5.90 Å². The number of ether oxygens (including phenoxy) is 3. The Morgan fingerprint density at radius 2 is 1.59 bits per heavy atom. The van der Waals surface area contributed by atoms with Crippen molar-refractivity contribution in [2.75, 3.05) is 13.2 Å². The lowest BCUT2D eigenvalue weighted by Gasteiger charge is -2.31. The van der Waals surface area contributed by atoms with Crippen LogP contribution in [0, 0.1) is 0 Å². The first-order valence-corrected chi connectivity index (χ1v) is 17.2. The lowest BCUT2D eigenvalue weighted by molar-refractivity contribution is -0.155. The number of carbonyl (C=O) groups excluding carboxylic acids is 2. The zero-order valence-electron chi connectivity index (χ0n) is 28.1. The summed E-state index contributed by atoms with van der Waals surface area (Å²) >= 11 is 1.65. The van der Waals surface area contributed by atoms with E-state index in [4.69, 9.17) is 24.3 Å². The molecule has 0 saturated heterocycles. The maximum Gasteiger partial charge on any atom is 0.306 e. The number of amides is 1. The average molecular weight is 682 g/mol. The van der Waals surface area contributed by atoms with Crippen LogP contribution in [0.5, 0.6) is 5.75 Å². The molecule has 9 nitrogen and oxygen atoms in total. The standard InChI is InChI=1S/C39H43N3O6S/c1-38(2,3)48-34(44)23-24-39(37(45)42-40-27-30-15-10-11-18-33(30)49-32-16-8-5-9-17-32)35(28-13-6-4-7-14-28)47-36(41-39)29-19-21-31(22-20-29)46-26-12-25-43/h4-11,13-22,35,40,43H,12,23-27H2,1-3H3,(H,42,45)/t35-,39-/m0/s1. The molecule has 0 aliphatic carbocycles. The van der Waals surface area contributed by atoms with Crippen molar-refractivity contribution in [1.29, 1.82) is 0 Å². The predicted molar refractivity (Wildman–Crippen MR) is 190 cm³/mol. The van der Waals surface area contributed by atoms with E-state index in [1.165, 1.54) is 0 Å². The number of esters is 1. The Morgan fingerprint density at radius 1 is 0.918 bits per heavy atom. The second kappa shape index (κ2) is 16.6. The van der Waals surface area contributed by atoms with Crippen LogP contribution in [0.15, 0.2) is 124 Å². The molecule has 2 atom stereocenters. The van der Waals surface area contributed by atoms with Gasteiger partial charge in [-0.05, 0) is 80.8 Å². The molecule has 3 N–H and O–H groups in total. The molecule has 4 aromatic carbocycles. The molecule has 1 heterocycles. The Balaban J connectivity index is 1.43. The van der Waals surface area contributed by atoms with E-state index in [0.29, 0.717) is 30.9 Å². The number of benzene rings is 4. The van der Waals surface area contributed by atoms with Gasteiger partial charge in [-0.2, -0.15) is 0 Å². The van der Waals surface area contributed by atoms with E-state index in [-0.39, 0.29) is 25.3 Å². The summed E-state index contributed by atoms with van der Waals surface area (Å²) in [5.41, 5.74) is 6.25. The Kier molecular flexibility index (Phi) is 12.1. The molecule has 5 rings (SSSR count). The first kappa shape index (κ1) is 35.7. The normalized spacial score (nSPS) is 17.1. The molecule has 0 fully saturated rings. The van der Waals surface area contributed by atoms with Gasteiger partial charge in [0.1, 0.15) is 11.4 Å². The fourth-order valence-electron chi connectivity index (χ4n) is 5.38. The highest BCUT2D eigenvalue weighted by Crippen LogP contribution is 2.43. The number of aliphatic imine (C=N–C) groups is 1.